The second-order valence-electron chi connectivity index (χ2n) is 5.65. The van der Waals surface area contributed by atoms with Crippen LogP contribution in [0.2, 0.25) is 0 Å². The topological polar surface area (TPSA) is 103 Å². The summed E-state index contributed by atoms with van der Waals surface area (Å²) < 4.78 is 10.4. The molecule has 0 aliphatic heterocycles. The van der Waals surface area contributed by atoms with Crippen LogP contribution in [0.25, 0.3) is 6.08 Å². The van der Waals surface area contributed by atoms with Crippen molar-refractivity contribution in [3.63, 3.8) is 0 Å². The Morgan fingerprint density at radius 2 is 1.86 bits per heavy atom. The molecule has 0 aliphatic rings. The van der Waals surface area contributed by atoms with Crippen LogP contribution in [0.15, 0.2) is 42.5 Å². The van der Waals surface area contributed by atoms with Gasteiger partial charge in [-0.15, -0.1) is 0 Å². The van der Waals surface area contributed by atoms with Crippen LogP contribution in [0.5, 0.6) is 11.5 Å². The van der Waals surface area contributed by atoms with E-state index in [1.54, 1.807) is 38.3 Å². The fourth-order valence-electron chi connectivity index (χ4n) is 2.34. The average molecular weight is 401 g/mol. The summed E-state index contributed by atoms with van der Waals surface area (Å²) in [5, 5.41) is 16.2. The molecule has 28 heavy (non-hydrogen) atoms. The lowest BCUT2D eigenvalue weighted by Gasteiger charge is -2.10. The van der Waals surface area contributed by atoms with Crippen molar-refractivity contribution >= 4 is 40.7 Å². The van der Waals surface area contributed by atoms with E-state index in [1.165, 1.54) is 31.4 Å². The van der Waals surface area contributed by atoms with E-state index >= 15 is 0 Å². The molecule has 0 heterocycles. The van der Waals surface area contributed by atoms with Gasteiger partial charge in [0.2, 0.25) is 5.91 Å². The third-order valence-electron chi connectivity index (χ3n) is 3.74. The normalized spacial score (nSPS) is 10.4. The third-order valence-corrected chi connectivity index (χ3v) is 3.94. The molecular weight excluding hydrogens is 382 g/mol. The molecule has 2 N–H and O–H groups in total. The molecular formula is C19H19N3O5S. The molecule has 0 saturated heterocycles. The number of nitrogens with one attached hydrogen (secondary N) is 2. The van der Waals surface area contributed by atoms with Crippen molar-refractivity contribution in [1.29, 1.82) is 0 Å². The number of amides is 1. The first-order valence-corrected chi connectivity index (χ1v) is 8.52. The molecule has 1 amide bonds. The van der Waals surface area contributed by atoms with Gasteiger partial charge in [0.05, 0.1) is 19.1 Å². The molecule has 0 fully saturated rings. The van der Waals surface area contributed by atoms with E-state index in [0.717, 1.165) is 5.56 Å². The Kier molecular flexibility index (Phi) is 7.05. The van der Waals surface area contributed by atoms with Gasteiger partial charge >= 0.3 is 0 Å². The summed E-state index contributed by atoms with van der Waals surface area (Å²) in [7, 11) is 3.07. The number of aryl methyl sites for hydroxylation is 1. The number of nitro benzene ring substituents is 1. The van der Waals surface area contributed by atoms with Crippen LogP contribution < -0.4 is 20.1 Å². The van der Waals surface area contributed by atoms with Gasteiger partial charge < -0.3 is 14.8 Å². The van der Waals surface area contributed by atoms with Gasteiger partial charge in [-0.25, -0.2) is 0 Å². The fraction of sp³-hybridized carbons (Fsp3) is 0.158. The van der Waals surface area contributed by atoms with E-state index in [4.69, 9.17) is 21.7 Å². The Morgan fingerprint density at radius 1 is 1.14 bits per heavy atom. The number of anilines is 1. The van der Waals surface area contributed by atoms with Gasteiger partial charge in [-0.05, 0) is 54.5 Å². The van der Waals surface area contributed by atoms with E-state index < -0.39 is 10.8 Å². The molecule has 2 aromatic carbocycles. The van der Waals surface area contributed by atoms with Crippen LogP contribution in [0.4, 0.5) is 11.4 Å². The fourth-order valence-corrected chi connectivity index (χ4v) is 2.55. The summed E-state index contributed by atoms with van der Waals surface area (Å²) in [6.45, 7) is 1.71. The highest BCUT2D eigenvalue weighted by Gasteiger charge is 2.10. The molecule has 0 atom stereocenters. The van der Waals surface area contributed by atoms with Gasteiger partial charge in [0, 0.05) is 23.9 Å². The standard InChI is InChI=1S/C19H19N3O5S/c1-12-10-14(22(24)25)6-7-15(12)20-19(28)21-18(23)9-5-13-4-8-16(26-2)17(11-13)27-3/h4-11H,1-3H3,(H2,20,21,23,28)/b9-5+. The molecule has 0 bridgehead atoms. The first-order valence-electron chi connectivity index (χ1n) is 8.11. The number of benzene rings is 2. The van der Waals surface area contributed by atoms with Gasteiger partial charge in [-0.2, -0.15) is 0 Å². The lowest BCUT2D eigenvalue weighted by molar-refractivity contribution is -0.384. The Hall–Kier alpha value is -3.46. The number of non-ortho nitro benzene ring substituents is 1. The van der Waals surface area contributed by atoms with Crippen molar-refractivity contribution in [2.45, 2.75) is 6.92 Å². The minimum absolute atomic E-state index is 0.0177. The zero-order valence-corrected chi connectivity index (χ0v) is 16.3. The number of hydrogen-bond donors (Lipinski definition) is 2. The van der Waals surface area contributed by atoms with Crippen molar-refractivity contribution in [1.82, 2.24) is 5.32 Å². The molecule has 0 saturated carbocycles. The minimum atomic E-state index is -0.476. The van der Waals surface area contributed by atoms with Gasteiger partial charge in [-0.1, -0.05) is 6.07 Å². The number of thiocarbonyl (C=S) groups is 1. The number of carbonyl (C=O) groups is 1. The summed E-state index contributed by atoms with van der Waals surface area (Å²) in [6, 6.07) is 9.56. The summed E-state index contributed by atoms with van der Waals surface area (Å²) in [4.78, 5) is 22.4. The van der Waals surface area contributed by atoms with Crippen molar-refractivity contribution in [3.05, 3.63) is 63.7 Å². The van der Waals surface area contributed by atoms with E-state index in [2.05, 4.69) is 10.6 Å². The monoisotopic (exact) mass is 401 g/mol. The molecule has 2 rings (SSSR count). The van der Waals surface area contributed by atoms with Crippen molar-refractivity contribution in [2.24, 2.45) is 0 Å². The Labute approximate surface area is 167 Å². The summed E-state index contributed by atoms with van der Waals surface area (Å²) in [5.41, 5.74) is 1.93. The highest BCUT2D eigenvalue weighted by Crippen LogP contribution is 2.28. The summed E-state index contributed by atoms with van der Waals surface area (Å²) >= 11 is 5.11. The largest absolute Gasteiger partial charge is 0.493 e. The van der Waals surface area contributed by atoms with Crippen molar-refractivity contribution in [2.75, 3.05) is 19.5 Å². The SMILES string of the molecule is COc1ccc(/C=C/C(=O)NC(=S)Nc2ccc([N+](=O)[O-])cc2C)cc1OC. The highest BCUT2D eigenvalue weighted by molar-refractivity contribution is 7.80. The molecule has 146 valence electrons. The van der Waals surface area contributed by atoms with Crippen LogP contribution >= 0.6 is 12.2 Å². The third kappa shape index (κ3) is 5.52. The molecule has 2 aromatic rings. The predicted molar refractivity (Wildman–Crippen MR) is 111 cm³/mol. The van der Waals surface area contributed by atoms with Crippen LogP contribution in [-0.4, -0.2) is 30.2 Å². The van der Waals surface area contributed by atoms with E-state index in [1.807, 2.05) is 0 Å². The number of ether oxygens (including phenoxy) is 2. The summed E-state index contributed by atoms with van der Waals surface area (Å²) in [6.07, 6.45) is 2.94. The highest BCUT2D eigenvalue weighted by atomic mass is 32.1. The van der Waals surface area contributed by atoms with Gasteiger partial charge in [0.15, 0.2) is 16.6 Å². The van der Waals surface area contributed by atoms with Gasteiger partial charge in [0.25, 0.3) is 5.69 Å². The molecule has 0 aromatic heterocycles. The Bertz CT molecular complexity index is 943. The van der Waals surface area contributed by atoms with Crippen LogP contribution in [0.1, 0.15) is 11.1 Å². The number of carbonyl (C=O) groups excluding carboxylic acids is 1. The Balaban J connectivity index is 1.98. The lowest BCUT2D eigenvalue weighted by atomic mass is 10.2. The minimum Gasteiger partial charge on any atom is -0.493 e. The maximum Gasteiger partial charge on any atom is 0.269 e. The zero-order valence-electron chi connectivity index (χ0n) is 15.5. The first kappa shape index (κ1) is 20.8. The van der Waals surface area contributed by atoms with Gasteiger partial charge in [-0.3, -0.25) is 20.2 Å². The lowest BCUT2D eigenvalue weighted by Crippen LogP contribution is -2.33. The first-order chi connectivity index (χ1) is 13.3. The van der Waals surface area contributed by atoms with Gasteiger partial charge in [0.1, 0.15) is 0 Å². The number of methoxy groups -OCH3 is 2. The van der Waals surface area contributed by atoms with Crippen LogP contribution in [-0.2, 0) is 4.79 Å². The second kappa shape index (κ2) is 9.47. The maximum absolute atomic E-state index is 12.1. The Morgan fingerprint density at radius 3 is 2.46 bits per heavy atom. The molecule has 0 unspecified atom stereocenters. The summed E-state index contributed by atoms with van der Waals surface area (Å²) in [5.74, 6) is 0.718. The second-order valence-corrected chi connectivity index (χ2v) is 6.06. The maximum atomic E-state index is 12.1. The zero-order chi connectivity index (χ0) is 20.7. The van der Waals surface area contributed by atoms with E-state index in [-0.39, 0.29) is 10.8 Å². The number of rotatable bonds is 6. The quantitative estimate of drug-likeness (QED) is 0.331. The van der Waals surface area contributed by atoms with Crippen molar-refractivity contribution < 1.29 is 19.2 Å². The smallest absolute Gasteiger partial charge is 0.269 e. The molecule has 0 spiro atoms. The number of nitro groups is 1. The van der Waals surface area contributed by atoms with E-state index in [0.29, 0.717) is 22.7 Å². The molecule has 8 nitrogen and oxygen atoms in total. The number of nitrogens with zero attached hydrogens (tertiary/aromatic N) is 1. The number of hydrogen-bond acceptors (Lipinski definition) is 6. The van der Waals surface area contributed by atoms with Crippen LogP contribution in [0.3, 0.4) is 0 Å². The average Bonchev–Trinajstić information content (AvgIpc) is 2.67. The van der Waals surface area contributed by atoms with Crippen molar-refractivity contribution in [3.8, 4) is 11.5 Å². The molecule has 0 aliphatic carbocycles. The predicted octanol–water partition coefficient (Wildman–Crippen LogP) is 3.45. The van der Waals surface area contributed by atoms with Crippen LogP contribution in [0, 0.1) is 17.0 Å². The van der Waals surface area contributed by atoms with E-state index in [9.17, 15) is 14.9 Å². The molecule has 0 radical (unpaired) electrons. The molecule has 9 heteroatoms.